The molecule has 2 heteroatoms. The molecule has 3 saturated carbocycles. The van der Waals surface area contributed by atoms with E-state index in [9.17, 15) is 4.79 Å². The number of amides is 1. The van der Waals surface area contributed by atoms with E-state index in [1.165, 1.54) is 25.7 Å². The van der Waals surface area contributed by atoms with E-state index in [4.69, 9.17) is 0 Å². The van der Waals surface area contributed by atoms with E-state index >= 15 is 0 Å². The maximum atomic E-state index is 11.8. The second-order valence-corrected chi connectivity index (χ2v) is 6.19. The fraction of sp³-hybridized carbons (Fsp3) is 0.923. The number of nitrogens with zero attached hydrogens (tertiary/aromatic N) is 1. The Morgan fingerprint density at radius 3 is 2.60 bits per heavy atom. The van der Waals surface area contributed by atoms with Gasteiger partial charge in [0.05, 0.1) is 0 Å². The molecule has 2 nitrogen and oxygen atoms in total. The number of likely N-dealkylation sites (tertiary alicyclic amines) is 1. The van der Waals surface area contributed by atoms with Gasteiger partial charge in [-0.15, -0.1) is 0 Å². The zero-order valence-corrected chi connectivity index (χ0v) is 9.36. The van der Waals surface area contributed by atoms with Crippen molar-refractivity contribution < 1.29 is 4.79 Å². The summed E-state index contributed by atoms with van der Waals surface area (Å²) >= 11 is 0. The molecule has 4 rings (SSSR count). The zero-order chi connectivity index (χ0) is 10.2. The molecule has 6 unspecified atom stereocenters. The number of carbonyl (C=O) groups is 1. The van der Waals surface area contributed by atoms with Crippen LogP contribution in [0.2, 0.25) is 0 Å². The molecule has 4 aliphatic rings. The van der Waals surface area contributed by atoms with Crippen molar-refractivity contribution >= 4 is 5.91 Å². The van der Waals surface area contributed by atoms with Gasteiger partial charge >= 0.3 is 0 Å². The Bertz CT molecular complexity index is 326. The largest absolute Gasteiger partial charge is 0.342 e. The lowest BCUT2D eigenvalue weighted by Crippen LogP contribution is -2.41. The SMILES string of the molecule is CN1C(=O)CC2C3CC(C4CCCC34)C21. The maximum Gasteiger partial charge on any atom is 0.222 e. The average Bonchev–Trinajstić information content (AvgIpc) is 2.87. The zero-order valence-electron chi connectivity index (χ0n) is 9.36. The second kappa shape index (κ2) is 2.58. The van der Waals surface area contributed by atoms with Crippen LogP contribution in [0.15, 0.2) is 0 Å². The molecule has 1 heterocycles. The molecule has 1 amide bonds. The minimum absolute atomic E-state index is 0.416. The number of hydrogen-bond donors (Lipinski definition) is 0. The predicted octanol–water partition coefficient (Wildman–Crippen LogP) is 1.90. The van der Waals surface area contributed by atoms with E-state index in [1.807, 2.05) is 7.05 Å². The Hall–Kier alpha value is -0.530. The van der Waals surface area contributed by atoms with Gasteiger partial charge in [0.2, 0.25) is 5.91 Å². The molecule has 6 atom stereocenters. The first kappa shape index (κ1) is 8.60. The van der Waals surface area contributed by atoms with Gasteiger partial charge in [0.1, 0.15) is 0 Å². The van der Waals surface area contributed by atoms with E-state index in [0.29, 0.717) is 11.9 Å². The molecule has 0 aromatic rings. The quantitative estimate of drug-likeness (QED) is 0.591. The molecule has 0 radical (unpaired) electrons. The van der Waals surface area contributed by atoms with Crippen LogP contribution in [-0.2, 0) is 4.79 Å². The van der Waals surface area contributed by atoms with Crippen molar-refractivity contribution in [2.75, 3.05) is 7.05 Å². The molecule has 2 bridgehead atoms. The summed E-state index contributed by atoms with van der Waals surface area (Å²) < 4.78 is 0. The monoisotopic (exact) mass is 205 g/mol. The van der Waals surface area contributed by atoms with Gasteiger partial charge in [-0.05, 0) is 48.9 Å². The summed E-state index contributed by atoms with van der Waals surface area (Å²) in [6.45, 7) is 0. The third-order valence-electron chi connectivity index (χ3n) is 5.95. The lowest BCUT2D eigenvalue weighted by molar-refractivity contribution is -0.128. The van der Waals surface area contributed by atoms with Crippen molar-refractivity contribution in [3.05, 3.63) is 0 Å². The second-order valence-electron chi connectivity index (χ2n) is 6.19. The van der Waals surface area contributed by atoms with Crippen molar-refractivity contribution in [1.82, 2.24) is 4.90 Å². The van der Waals surface area contributed by atoms with Crippen molar-refractivity contribution in [3.8, 4) is 0 Å². The van der Waals surface area contributed by atoms with Crippen LogP contribution in [0.4, 0.5) is 0 Å². The summed E-state index contributed by atoms with van der Waals surface area (Å²) in [7, 11) is 2.04. The Kier molecular flexibility index (Phi) is 1.48. The smallest absolute Gasteiger partial charge is 0.222 e. The number of carbonyl (C=O) groups excluding carboxylic acids is 1. The van der Waals surface area contributed by atoms with Crippen LogP contribution in [-0.4, -0.2) is 23.9 Å². The highest BCUT2D eigenvalue weighted by Crippen LogP contribution is 2.64. The molecule has 4 fully saturated rings. The normalized spacial score (nSPS) is 56.3. The van der Waals surface area contributed by atoms with Crippen LogP contribution in [0.25, 0.3) is 0 Å². The van der Waals surface area contributed by atoms with Gasteiger partial charge in [-0.1, -0.05) is 6.42 Å². The topological polar surface area (TPSA) is 20.3 Å². The van der Waals surface area contributed by atoms with Gasteiger partial charge < -0.3 is 4.90 Å². The van der Waals surface area contributed by atoms with Crippen LogP contribution in [0.3, 0.4) is 0 Å². The highest BCUT2D eigenvalue weighted by molar-refractivity contribution is 5.79. The van der Waals surface area contributed by atoms with E-state index in [-0.39, 0.29) is 0 Å². The van der Waals surface area contributed by atoms with Gasteiger partial charge in [0, 0.05) is 19.5 Å². The molecule has 82 valence electrons. The van der Waals surface area contributed by atoms with Gasteiger partial charge in [-0.3, -0.25) is 4.79 Å². The van der Waals surface area contributed by atoms with Crippen LogP contribution >= 0.6 is 0 Å². The summed E-state index contributed by atoms with van der Waals surface area (Å²) in [5, 5.41) is 0. The molecule has 0 aromatic heterocycles. The first-order valence-corrected chi connectivity index (χ1v) is 6.53. The van der Waals surface area contributed by atoms with Crippen molar-refractivity contribution in [2.24, 2.45) is 29.6 Å². The molecule has 0 N–H and O–H groups in total. The maximum absolute atomic E-state index is 11.8. The third kappa shape index (κ3) is 0.857. The Labute approximate surface area is 91.0 Å². The third-order valence-corrected chi connectivity index (χ3v) is 5.95. The predicted molar refractivity (Wildman–Crippen MR) is 57.1 cm³/mol. The van der Waals surface area contributed by atoms with Crippen LogP contribution in [0, 0.1) is 29.6 Å². The van der Waals surface area contributed by atoms with Crippen molar-refractivity contribution in [2.45, 2.75) is 38.1 Å². The summed E-state index contributed by atoms with van der Waals surface area (Å²) in [5.74, 6) is 4.96. The first-order valence-electron chi connectivity index (χ1n) is 6.53. The Balaban J connectivity index is 1.72. The number of fused-ring (bicyclic) bond motifs is 8. The molecular weight excluding hydrogens is 186 g/mol. The van der Waals surface area contributed by atoms with Gasteiger partial charge in [0.25, 0.3) is 0 Å². The Morgan fingerprint density at radius 1 is 1.07 bits per heavy atom. The minimum atomic E-state index is 0.416. The molecule has 3 aliphatic carbocycles. The molecule has 0 aromatic carbocycles. The standard InChI is InChI=1S/C13H19NO/c1-14-12(15)6-11-9-5-10(13(11)14)8-4-2-3-7(8)9/h7-11,13H,2-6H2,1H3. The van der Waals surface area contributed by atoms with Crippen molar-refractivity contribution in [1.29, 1.82) is 0 Å². The highest BCUT2D eigenvalue weighted by Gasteiger charge is 2.62. The van der Waals surface area contributed by atoms with Crippen LogP contribution < -0.4 is 0 Å². The fourth-order valence-electron chi connectivity index (χ4n) is 5.56. The number of hydrogen-bond acceptors (Lipinski definition) is 1. The van der Waals surface area contributed by atoms with Crippen LogP contribution in [0.1, 0.15) is 32.1 Å². The average molecular weight is 205 g/mol. The van der Waals surface area contributed by atoms with E-state index in [2.05, 4.69) is 4.90 Å². The number of rotatable bonds is 0. The van der Waals surface area contributed by atoms with Crippen molar-refractivity contribution in [3.63, 3.8) is 0 Å². The van der Waals surface area contributed by atoms with Gasteiger partial charge in [-0.25, -0.2) is 0 Å². The minimum Gasteiger partial charge on any atom is -0.342 e. The van der Waals surface area contributed by atoms with E-state index < -0.39 is 0 Å². The summed E-state index contributed by atoms with van der Waals surface area (Å²) in [6.07, 6.45) is 6.69. The van der Waals surface area contributed by atoms with Crippen LogP contribution in [0.5, 0.6) is 0 Å². The van der Waals surface area contributed by atoms with Gasteiger partial charge in [-0.2, -0.15) is 0 Å². The summed E-state index contributed by atoms with van der Waals surface area (Å²) in [5.41, 5.74) is 0. The Morgan fingerprint density at radius 2 is 1.80 bits per heavy atom. The molecule has 0 spiro atoms. The summed E-state index contributed by atoms with van der Waals surface area (Å²) in [6, 6.07) is 0.641. The molecule has 1 aliphatic heterocycles. The van der Waals surface area contributed by atoms with E-state index in [1.54, 1.807) is 0 Å². The molecular formula is C13H19NO. The molecule has 15 heavy (non-hydrogen) atoms. The van der Waals surface area contributed by atoms with Gasteiger partial charge in [0.15, 0.2) is 0 Å². The summed E-state index contributed by atoms with van der Waals surface area (Å²) in [4.78, 5) is 13.8. The van der Waals surface area contributed by atoms with E-state index in [0.717, 1.165) is 36.0 Å². The highest BCUT2D eigenvalue weighted by atomic mass is 16.2. The lowest BCUT2D eigenvalue weighted by atomic mass is 9.73. The molecule has 1 saturated heterocycles. The first-order chi connectivity index (χ1) is 7.27. The lowest BCUT2D eigenvalue weighted by Gasteiger charge is -2.36. The fourth-order valence-corrected chi connectivity index (χ4v) is 5.56.